The fraction of sp³-hybridized carbons (Fsp3) is 0.200. The van der Waals surface area contributed by atoms with Crippen LogP contribution in [0.3, 0.4) is 0 Å². The van der Waals surface area contributed by atoms with Crippen molar-refractivity contribution in [3.05, 3.63) is 75.2 Å². The second-order valence-corrected chi connectivity index (χ2v) is 7.37. The zero-order valence-electron chi connectivity index (χ0n) is 15.1. The summed E-state index contributed by atoms with van der Waals surface area (Å²) in [4.78, 5) is 34.8. The number of non-ortho nitro benzene ring substituents is 1. The van der Waals surface area contributed by atoms with Crippen LogP contribution in [0.4, 0.5) is 5.69 Å². The molecule has 3 rings (SSSR count). The summed E-state index contributed by atoms with van der Waals surface area (Å²) in [5, 5.41) is 14.2. The first-order chi connectivity index (χ1) is 13.4. The average Bonchev–Trinajstić information content (AvgIpc) is 3.14. The Bertz CT molecular complexity index is 1020. The molecule has 0 saturated heterocycles. The third kappa shape index (κ3) is 4.72. The Kier molecular flexibility index (Phi) is 6.00. The predicted octanol–water partition coefficient (Wildman–Crippen LogP) is 3.89. The topological polar surface area (TPSA) is 98.5 Å². The molecule has 1 N–H and O–H groups in total. The molecule has 0 unspecified atom stereocenters. The summed E-state index contributed by atoms with van der Waals surface area (Å²) in [5.74, 6) is -0.873. The van der Waals surface area contributed by atoms with E-state index in [9.17, 15) is 19.7 Å². The number of nitro benzene ring substituents is 1. The highest BCUT2D eigenvalue weighted by Crippen LogP contribution is 2.29. The van der Waals surface area contributed by atoms with Gasteiger partial charge in [-0.1, -0.05) is 37.3 Å². The molecule has 0 aliphatic heterocycles. The molecule has 1 aromatic heterocycles. The number of hydrogen-bond acceptors (Lipinski definition) is 6. The molecule has 144 valence electrons. The first-order valence-electron chi connectivity index (χ1n) is 8.61. The zero-order chi connectivity index (χ0) is 20.1. The first-order valence-corrected chi connectivity index (χ1v) is 9.42. The number of esters is 1. The van der Waals surface area contributed by atoms with Crippen LogP contribution in [0, 0.1) is 10.1 Å². The molecule has 7 nitrogen and oxygen atoms in total. The van der Waals surface area contributed by atoms with E-state index in [-0.39, 0.29) is 24.1 Å². The van der Waals surface area contributed by atoms with Gasteiger partial charge in [-0.15, -0.1) is 11.3 Å². The van der Waals surface area contributed by atoms with Gasteiger partial charge >= 0.3 is 5.97 Å². The highest BCUT2D eigenvalue weighted by atomic mass is 32.1. The Balaban J connectivity index is 1.52. The SMILES string of the molecule is C[C@@H](CNC(=O)COC(=O)c1cc2cc([N+](=O)[O-])ccc2s1)c1ccccc1. The van der Waals surface area contributed by atoms with Crippen LogP contribution in [0.5, 0.6) is 0 Å². The van der Waals surface area contributed by atoms with E-state index < -0.39 is 10.9 Å². The van der Waals surface area contributed by atoms with Crippen molar-refractivity contribution in [3.63, 3.8) is 0 Å². The smallest absolute Gasteiger partial charge is 0.348 e. The van der Waals surface area contributed by atoms with Gasteiger partial charge in [0.05, 0.1) is 4.92 Å². The molecule has 0 spiro atoms. The van der Waals surface area contributed by atoms with Gasteiger partial charge in [-0.3, -0.25) is 14.9 Å². The number of ether oxygens (including phenoxy) is 1. The van der Waals surface area contributed by atoms with Gasteiger partial charge in [0.1, 0.15) is 4.88 Å². The van der Waals surface area contributed by atoms with E-state index in [4.69, 9.17) is 4.74 Å². The Labute approximate surface area is 165 Å². The van der Waals surface area contributed by atoms with Crippen molar-refractivity contribution in [3.8, 4) is 0 Å². The molecule has 28 heavy (non-hydrogen) atoms. The van der Waals surface area contributed by atoms with Crippen LogP contribution in [0.1, 0.15) is 28.1 Å². The van der Waals surface area contributed by atoms with Crippen molar-refractivity contribution >= 4 is 39.0 Å². The Morgan fingerprint density at radius 3 is 2.64 bits per heavy atom. The molecule has 0 fully saturated rings. The molecule has 0 bridgehead atoms. The number of hydrogen-bond donors (Lipinski definition) is 1. The Hall–Kier alpha value is -3.26. The van der Waals surface area contributed by atoms with E-state index in [1.54, 1.807) is 6.07 Å². The Morgan fingerprint density at radius 1 is 1.18 bits per heavy atom. The number of nitro groups is 1. The molecule has 0 aliphatic rings. The lowest BCUT2D eigenvalue weighted by Gasteiger charge is -2.13. The van der Waals surface area contributed by atoms with Gasteiger partial charge in [0.15, 0.2) is 6.61 Å². The molecule has 8 heteroatoms. The minimum atomic E-state index is -0.630. The molecule has 1 amide bonds. The van der Waals surface area contributed by atoms with Crippen LogP contribution in [-0.4, -0.2) is 30.0 Å². The minimum Gasteiger partial charge on any atom is -0.451 e. The molecule has 0 aliphatic carbocycles. The molecule has 2 aromatic carbocycles. The normalized spacial score (nSPS) is 11.8. The number of nitrogens with one attached hydrogen (secondary N) is 1. The largest absolute Gasteiger partial charge is 0.451 e. The molecule has 0 saturated carbocycles. The molecule has 0 radical (unpaired) electrons. The van der Waals surface area contributed by atoms with E-state index in [1.807, 2.05) is 37.3 Å². The fourth-order valence-corrected chi connectivity index (χ4v) is 3.60. The highest BCUT2D eigenvalue weighted by molar-refractivity contribution is 7.20. The van der Waals surface area contributed by atoms with Crippen LogP contribution in [0.25, 0.3) is 10.1 Å². The molecular weight excluding hydrogens is 380 g/mol. The summed E-state index contributed by atoms with van der Waals surface area (Å²) in [7, 11) is 0. The third-order valence-electron chi connectivity index (χ3n) is 4.22. The number of thiophene rings is 1. The minimum absolute atomic E-state index is 0.0443. The van der Waals surface area contributed by atoms with Crippen molar-refractivity contribution in [2.75, 3.05) is 13.2 Å². The van der Waals surface area contributed by atoms with Crippen LogP contribution >= 0.6 is 11.3 Å². The zero-order valence-corrected chi connectivity index (χ0v) is 15.9. The maximum Gasteiger partial charge on any atom is 0.348 e. The number of carbonyl (C=O) groups excluding carboxylic acids is 2. The van der Waals surface area contributed by atoms with Crippen molar-refractivity contribution in [2.24, 2.45) is 0 Å². The van der Waals surface area contributed by atoms with Gasteiger partial charge < -0.3 is 10.1 Å². The van der Waals surface area contributed by atoms with Crippen molar-refractivity contribution in [2.45, 2.75) is 12.8 Å². The summed E-state index contributed by atoms with van der Waals surface area (Å²) in [5.41, 5.74) is 1.07. The Morgan fingerprint density at radius 2 is 1.93 bits per heavy atom. The number of rotatable bonds is 7. The molecule has 1 atom stereocenters. The lowest BCUT2D eigenvalue weighted by Crippen LogP contribution is -2.31. The van der Waals surface area contributed by atoms with E-state index in [0.29, 0.717) is 16.8 Å². The second kappa shape index (κ2) is 8.62. The van der Waals surface area contributed by atoms with Gasteiger partial charge in [0.2, 0.25) is 0 Å². The molecule has 1 heterocycles. The fourth-order valence-electron chi connectivity index (χ4n) is 2.66. The number of amides is 1. The molecule has 3 aromatic rings. The number of fused-ring (bicyclic) bond motifs is 1. The summed E-state index contributed by atoms with van der Waals surface area (Å²) in [6, 6.07) is 15.7. The van der Waals surface area contributed by atoms with Gasteiger partial charge in [-0.2, -0.15) is 0 Å². The van der Waals surface area contributed by atoms with Gasteiger partial charge in [0.25, 0.3) is 11.6 Å². The maximum atomic E-state index is 12.2. The van der Waals surface area contributed by atoms with Crippen molar-refractivity contribution < 1.29 is 19.2 Å². The van der Waals surface area contributed by atoms with Crippen molar-refractivity contribution in [1.29, 1.82) is 0 Å². The monoisotopic (exact) mass is 398 g/mol. The van der Waals surface area contributed by atoms with Crippen LogP contribution in [0.2, 0.25) is 0 Å². The van der Waals surface area contributed by atoms with E-state index in [1.165, 1.54) is 18.2 Å². The van der Waals surface area contributed by atoms with E-state index in [2.05, 4.69) is 5.32 Å². The quantitative estimate of drug-likeness (QED) is 0.370. The van der Waals surface area contributed by atoms with E-state index >= 15 is 0 Å². The van der Waals surface area contributed by atoms with E-state index in [0.717, 1.165) is 21.6 Å². The lowest BCUT2D eigenvalue weighted by molar-refractivity contribution is -0.384. The molecular formula is C20H18N2O5S. The summed E-state index contributed by atoms with van der Waals surface area (Å²) in [6.45, 7) is 2.06. The number of nitrogens with zero attached hydrogens (tertiary/aromatic N) is 1. The van der Waals surface area contributed by atoms with Crippen LogP contribution in [-0.2, 0) is 9.53 Å². The average molecular weight is 398 g/mol. The maximum absolute atomic E-state index is 12.2. The second-order valence-electron chi connectivity index (χ2n) is 6.28. The summed E-state index contributed by atoms with van der Waals surface area (Å²) >= 11 is 1.16. The predicted molar refractivity (Wildman–Crippen MR) is 107 cm³/mol. The van der Waals surface area contributed by atoms with Gasteiger partial charge in [-0.05, 0) is 23.6 Å². The number of carbonyl (C=O) groups is 2. The lowest BCUT2D eigenvalue weighted by atomic mass is 10.0. The standard InChI is InChI=1S/C20H18N2O5S/c1-13(14-5-3-2-4-6-14)11-21-19(23)12-27-20(24)18-10-15-9-16(22(25)26)7-8-17(15)28-18/h2-10,13H,11-12H2,1H3,(H,21,23)/t13-/m0/s1. The van der Waals surface area contributed by atoms with Crippen LogP contribution < -0.4 is 5.32 Å². The highest BCUT2D eigenvalue weighted by Gasteiger charge is 2.16. The summed E-state index contributed by atoms with van der Waals surface area (Å²) in [6.07, 6.45) is 0. The van der Waals surface area contributed by atoms with Gasteiger partial charge in [0, 0.05) is 28.8 Å². The third-order valence-corrected chi connectivity index (χ3v) is 5.32. The summed E-state index contributed by atoms with van der Waals surface area (Å²) < 4.78 is 5.80. The van der Waals surface area contributed by atoms with Gasteiger partial charge in [-0.25, -0.2) is 4.79 Å². The number of benzene rings is 2. The first kappa shape index (κ1) is 19.5. The van der Waals surface area contributed by atoms with Crippen molar-refractivity contribution in [1.82, 2.24) is 5.32 Å². The van der Waals surface area contributed by atoms with Crippen LogP contribution in [0.15, 0.2) is 54.6 Å².